The lowest BCUT2D eigenvalue weighted by Crippen LogP contribution is -2.33. The number of rotatable bonds is 7. The molecule has 0 bridgehead atoms. The predicted octanol–water partition coefficient (Wildman–Crippen LogP) is 5.12. The number of hydrazone groups is 1. The van der Waals surface area contributed by atoms with Gasteiger partial charge in [0.25, 0.3) is 5.91 Å². The number of carbonyl (C=O) groups excluding carboxylic acids is 1. The maximum Gasteiger partial charge on any atom is 0.280 e. The largest absolute Gasteiger partial charge is 0.493 e. The summed E-state index contributed by atoms with van der Waals surface area (Å²) in [5.74, 6) is 0.966. The highest BCUT2D eigenvalue weighted by Gasteiger charge is 2.15. The number of fused-ring (bicyclic) bond motifs is 1. The van der Waals surface area contributed by atoms with Crippen molar-refractivity contribution in [2.45, 2.75) is 26.9 Å². The molecule has 0 saturated heterocycles. The first-order chi connectivity index (χ1) is 14.0. The number of hydrogen-bond acceptors (Lipinski definition) is 4. The maximum atomic E-state index is 12.4. The van der Waals surface area contributed by atoms with Gasteiger partial charge in [-0.05, 0) is 61.4 Å². The van der Waals surface area contributed by atoms with E-state index < -0.39 is 6.10 Å². The van der Waals surface area contributed by atoms with E-state index in [2.05, 4.69) is 10.5 Å². The first kappa shape index (κ1) is 20.7. The van der Waals surface area contributed by atoms with Gasteiger partial charge in [-0.3, -0.25) is 4.79 Å². The van der Waals surface area contributed by atoms with Gasteiger partial charge < -0.3 is 9.47 Å². The molecule has 0 heterocycles. The fourth-order valence-corrected chi connectivity index (χ4v) is 3.16. The molecule has 0 unspecified atom stereocenters. The molecule has 0 aromatic heterocycles. The second-order valence-corrected chi connectivity index (χ2v) is 6.97. The number of benzene rings is 3. The van der Waals surface area contributed by atoms with Gasteiger partial charge in [-0.25, -0.2) is 5.43 Å². The molecule has 0 spiro atoms. The van der Waals surface area contributed by atoms with Crippen molar-refractivity contribution in [2.75, 3.05) is 6.61 Å². The normalized spacial score (nSPS) is 12.1. The van der Waals surface area contributed by atoms with Gasteiger partial charge in [-0.1, -0.05) is 41.9 Å². The van der Waals surface area contributed by atoms with Gasteiger partial charge in [-0.2, -0.15) is 5.10 Å². The van der Waals surface area contributed by atoms with E-state index in [4.69, 9.17) is 21.1 Å². The molecule has 29 heavy (non-hydrogen) atoms. The van der Waals surface area contributed by atoms with Gasteiger partial charge in [0.05, 0.1) is 12.8 Å². The molecule has 1 amide bonds. The van der Waals surface area contributed by atoms with Crippen molar-refractivity contribution in [1.29, 1.82) is 0 Å². The number of nitrogens with one attached hydrogen (secondary N) is 1. The Hall–Kier alpha value is -3.05. The second kappa shape index (κ2) is 9.43. The van der Waals surface area contributed by atoms with Crippen LogP contribution in [0.1, 0.15) is 25.0 Å². The standard InChI is InChI=1S/C23H23ClN2O3/c1-4-28-22-11-9-17-7-5-6-8-19(17)20(22)14-25-26-23(27)16(3)29-21-12-10-18(24)13-15(21)2/h5-14,16H,4H2,1-3H3,(H,26,27)/b25-14-/t16-/m1/s1. The van der Waals surface area contributed by atoms with Crippen LogP contribution < -0.4 is 14.9 Å². The highest BCUT2D eigenvalue weighted by atomic mass is 35.5. The summed E-state index contributed by atoms with van der Waals surface area (Å²) in [4.78, 5) is 12.4. The van der Waals surface area contributed by atoms with Crippen molar-refractivity contribution in [3.05, 3.63) is 70.7 Å². The summed E-state index contributed by atoms with van der Waals surface area (Å²) in [7, 11) is 0. The fourth-order valence-electron chi connectivity index (χ4n) is 2.93. The fraction of sp³-hybridized carbons (Fsp3) is 0.217. The van der Waals surface area contributed by atoms with E-state index in [1.54, 1.807) is 31.3 Å². The van der Waals surface area contributed by atoms with E-state index in [0.29, 0.717) is 23.1 Å². The summed E-state index contributed by atoms with van der Waals surface area (Å²) >= 11 is 5.96. The second-order valence-electron chi connectivity index (χ2n) is 6.54. The summed E-state index contributed by atoms with van der Waals surface area (Å²) < 4.78 is 11.4. The molecule has 0 saturated carbocycles. The molecule has 0 fully saturated rings. The van der Waals surface area contributed by atoms with Crippen molar-refractivity contribution >= 4 is 34.5 Å². The van der Waals surface area contributed by atoms with Crippen molar-refractivity contribution in [3.63, 3.8) is 0 Å². The number of halogens is 1. The molecule has 0 aliphatic carbocycles. The molecule has 0 aliphatic rings. The van der Waals surface area contributed by atoms with Crippen LogP contribution in [-0.4, -0.2) is 24.8 Å². The Kier molecular flexibility index (Phi) is 6.73. The van der Waals surface area contributed by atoms with E-state index >= 15 is 0 Å². The molecular formula is C23H23ClN2O3. The zero-order chi connectivity index (χ0) is 20.8. The van der Waals surface area contributed by atoms with E-state index in [-0.39, 0.29) is 5.91 Å². The number of ether oxygens (including phenoxy) is 2. The summed E-state index contributed by atoms with van der Waals surface area (Å²) in [6, 6.07) is 17.1. The van der Waals surface area contributed by atoms with Crippen LogP contribution in [0.2, 0.25) is 5.02 Å². The van der Waals surface area contributed by atoms with Crippen LogP contribution in [0.15, 0.2) is 59.7 Å². The van der Waals surface area contributed by atoms with Gasteiger partial charge >= 0.3 is 0 Å². The smallest absolute Gasteiger partial charge is 0.280 e. The van der Waals surface area contributed by atoms with Crippen LogP contribution in [0.25, 0.3) is 10.8 Å². The lowest BCUT2D eigenvalue weighted by Gasteiger charge is -2.15. The molecule has 0 aliphatic heterocycles. The molecule has 6 heteroatoms. The van der Waals surface area contributed by atoms with Crippen molar-refractivity contribution in [2.24, 2.45) is 5.10 Å². The Morgan fingerprint density at radius 3 is 2.69 bits per heavy atom. The van der Waals surface area contributed by atoms with Crippen molar-refractivity contribution < 1.29 is 14.3 Å². The third-order valence-electron chi connectivity index (χ3n) is 4.41. The lowest BCUT2D eigenvalue weighted by molar-refractivity contribution is -0.127. The molecule has 150 valence electrons. The first-order valence-electron chi connectivity index (χ1n) is 9.40. The van der Waals surface area contributed by atoms with Crippen LogP contribution in [-0.2, 0) is 4.79 Å². The lowest BCUT2D eigenvalue weighted by atomic mass is 10.0. The number of amides is 1. The highest BCUT2D eigenvalue weighted by molar-refractivity contribution is 6.30. The van der Waals surface area contributed by atoms with E-state index in [1.165, 1.54) is 0 Å². The molecule has 3 rings (SSSR count). The highest BCUT2D eigenvalue weighted by Crippen LogP contribution is 2.27. The zero-order valence-corrected chi connectivity index (χ0v) is 17.4. The number of carbonyl (C=O) groups is 1. The topological polar surface area (TPSA) is 59.9 Å². The number of nitrogens with zero attached hydrogens (tertiary/aromatic N) is 1. The zero-order valence-electron chi connectivity index (χ0n) is 16.6. The van der Waals surface area contributed by atoms with Crippen LogP contribution >= 0.6 is 11.6 Å². The quantitative estimate of drug-likeness (QED) is 0.434. The first-order valence-corrected chi connectivity index (χ1v) is 9.77. The molecule has 1 N–H and O–H groups in total. The summed E-state index contributed by atoms with van der Waals surface area (Å²) in [6.07, 6.45) is 0.886. The maximum absolute atomic E-state index is 12.4. The monoisotopic (exact) mass is 410 g/mol. The summed E-state index contributed by atoms with van der Waals surface area (Å²) in [5.41, 5.74) is 4.21. The Morgan fingerprint density at radius 1 is 1.17 bits per heavy atom. The van der Waals surface area contributed by atoms with Crippen molar-refractivity contribution in [1.82, 2.24) is 5.43 Å². The third kappa shape index (κ3) is 5.06. The average Bonchev–Trinajstić information content (AvgIpc) is 2.71. The van der Waals surface area contributed by atoms with E-state index in [0.717, 1.165) is 21.9 Å². The van der Waals surface area contributed by atoms with Gasteiger partial charge in [0.2, 0.25) is 0 Å². The molecule has 3 aromatic carbocycles. The van der Waals surface area contributed by atoms with Gasteiger partial charge in [0, 0.05) is 10.6 Å². The number of hydrogen-bond donors (Lipinski definition) is 1. The molecule has 0 radical (unpaired) electrons. The molecule has 3 aromatic rings. The predicted molar refractivity (Wildman–Crippen MR) is 117 cm³/mol. The average molecular weight is 411 g/mol. The van der Waals surface area contributed by atoms with Gasteiger partial charge in [0.15, 0.2) is 6.10 Å². The Labute approximate surface area is 175 Å². The minimum Gasteiger partial charge on any atom is -0.493 e. The third-order valence-corrected chi connectivity index (χ3v) is 4.64. The minimum absolute atomic E-state index is 0.353. The van der Waals surface area contributed by atoms with Crippen LogP contribution in [0.3, 0.4) is 0 Å². The van der Waals surface area contributed by atoms with Gasteiger partial charge in [-0.15, -0.1) is 0 Å². The van der Waals surface area contributed by atoms with E-state index in [9.17, 15) is 4.79 Å². The van der Waals surface area contributed by atoms with Crippen molar-refractivity contribution in [3.8, 4) is 11.5 Å². The molecule has 5 nitrogen and oxygen atoms in total. The Balaban J connectivity index is 1.73. The minimum atomic E-state index is -0.717. The Bertz CT molecular complexity index is 1050. The summed E-state index contributed by atoms with van der Waals surface area (Å²) in [6.45, 7) is 6.01. The van der Waals surface area contributed by atoms with Gasteiger partial charge in [0.1, 0.15) is 11.5 Å². The van der Waals surface area contributed by atoms with Crippen LogP contribution in [0.5, 0.6) is 11.5 Å². The van der Waals surface area contributed by atoms with Crippen LogP contribution in [0.4, 0.5) is 0 Å². The molecule has 1 atom stereocenters. The summed E-state index contributed by atoms with van der Waals surface area (Å²) in [5, 5.41) is 6.82. The van der Waals surface area contributed by atoms with E-state index in [1.807, 2.05) is 50.2 Å². The SMILES string of the molecule is CCOc1ccc2ccccc2c1/C=N\NC(=O)[C@@H](C)Oc1ccc(Cl)cc1C. The number of aryl methyl sites for hydroxylation is 1. The van der Waals surface area contributed by atoms with Crippen LogP contribution in [0, 0.1) is 6.92 Å². The molecular weight excluding hydrogens is 388 g/mol. The Morgan fingerprint density at radius 2 is 1.93 bits per heavy atom.